The molecule has 1 radical (unpaired) electrons. The zero-order valence-corrected chi connectivity index (χ0v) is 19.6. The van der Waals surface area contributed by atoms with Gasteiger partial charge in [-0.3, -0.25) is 4.79 Å². The van der Waals surface area contributed by atoms with Crippen molar-refractivity contribution in [2.24, 2.45) is 11.5 Å². The third kappa shape index (κ3) is 3.79. The van der Waals surface area contributed by atoms with Crippen molar-refractivity contribution in [2.75, 3.05) is 0 Å². The van der Waals surface area contributed by atoms with Crippen LogP contribution in [0.1, 0.15) is 27.0 Å². The first-order valence-electron chi connectivity index (χ1n) is 9.26. The van der Waals surface area contributed by atoms with Gasteiger partial charge < -0.3 is 26.1 Å². The SMILES string of the molecule is Cc1[c-]cc(-c2c3ccc(=O)c(CN)c-3oc3c(CN)c(O)ccc23)c(C(=O)O)c1.[Y]. The number of rotatable bonds is 4. The van der Waals surface area contributed by atoms with Crippen LogP contribution in [0.2, 0.25) is 0 Å². The molecule has 4 rings (SSSR count). The van der Waals surface area contributed by atoms with E-state index in [2.05, 4.69) is 6.07 Å². The van der Waals surface area contributed by atoms with Gasteiger partial charge in [-0.25, -0.2) is 4.79 Å². The molecule has 1 heterocycles. The van der Waals surface area contributed by atoms with Crippen molar-refractivity contribution in [1.82, 2.24) is 0 Å². The van der Waals surface area contributed by atoms with Crippen molar-refractivity contribution >= 4 is 16.9 Å². The van der Waals surface area contributed by atoms with Gasteiger partial charge in [-0.2, -0.15) is 23.8 Å². The Morgan fingerprint density at radius 2 is 1.81 bits per heavy atom. The molecule has 1 aliphatic carbocycles. The molecule has 0 amide bonds. The van der Waals surface area contributed by atoms with Gasteiger partial charge in [0.2, 0.25) is 0 Å². The van der Waals surface area contributed by atoms with E-state index in [1.54, 1.807) is 25.1 Å². The summed E-state index contributed by atoms with van der Waals surface area (Å²) in [5.74, 6) is -0.910. The number of fused-ring (bicyclic) bond motifs is 2. The van der Waals surface area contributed by atoms with E-state index in [4.69, 9.17) is 15.9 Å². The first kappa shape index (κ1) is 23.1. The van der Waals surface area contributed by atoms with Crippen LogP contribution in [0.25, 0.3) is 33.4 Å². The Kier molecular flexibility index (Phi) is 6.62. The van der Waals surface area contributed by atoms with E-state index in [1.807, 2.05) is 0 Å². The van der Waals surface area contributed by atoms with Crippen molar-refractivity contribution in [3.63, 3.8) is 0 Å². The summed E-state index contributed by atoms with van der Waals surface area (Å²) < 4.78 is 6.06. The zero-order chi connectivity index (χ0) is 21.6. The molecule has 2 aliphatic rings. The van der Waals surface area contributed by atoms with Crippen LogP contribution >= 0.6 is 0 Å². The van der Waals surface area contributed by atoms with Crippen molar-refractivity contribution in [3.8, 4) is 28.2 Å². The number of hydrogen-bond donors (Lipinski definition) is 4. The number of benzene rings is 3. The van der Waals surface area contributed by atoms with Crippen molar-refractivity contribution in [1.29, 1.82) is 0 Å². The van der Waals surface area contributed by atoms with Crippen molar-refractivity contribution in [2.45, 2.75) is 20.0 Å². The second-order valence-electron chi connectivity index (χ2n) is 6.99. The first-order valence-corrected chi connectivity index (χ1v) is 9.26. The molecule has 31 heavy (non-hydrogen) atoms. The van der Waals surface area contributed by atoms with Crippen molar-refractivity contribution < 1.29 is 52.1 Å². The summed E-state index contributed by atoms with van der Waals surface area (Å²) in [6, 6.07) is 12.3. The molecule has 0 atom stereocenters. The molecule has 0 spiro atoms. The fourth-order valence-corrected chi connectivity index (χ4v) is 3.77. The first-order chi connectivity index (χ1) is 14.4. The molecular weight excluding hydrogens is 473 g/mol. The molecule has 7 nitrogen and oxygen atoms in total. The summed E-state index contributed by atoms with van der Waals surface area (Å²) in [7, 11) is 0. The Bertz CT molecular complexity index is 1350. The number of aromatic hydroxyl groups is 1. The minimum atomic E-state index is -1.10. The van der Waals surface area contributed by atoms with E-state index in [1.165, 1.54) is 18.2 Å². The van der Waals surface area contributed by atoms with E-state index >= 15 is 0 Å². The van der Waals surface area contributed by atoms with Crippen LogP contribution in [0.5, 0.6) is 5.75 Å². The Labute approximate surface area is 202 Å². The number of nitrogens with two attached hydrogens (primary N) is 2. The fourth-order valence-electron chi connectivity index (χ4n) is 3.77. The van der Waals surface area contributed by atoms with Crippen LogP contribution in [0, 0.1) is 13.0 Å². The van der Waals surface area contributed by atoms with Crippen LogP contribution in [-0.2, 0) is 45.8 Å². The maximum absolute atomic E-state index is 12.4. The Balaban J connectivity index is 0.00000272. The molecule has 2 aromatic carbocycles. The van der Waals surface area contributed by atoms with Gasteiger partial charge in [0.05, 0.1) is 11.1 Å². The van der Waals surface area contributed by atoms with E-state index in [-0.39, 0.29) is 79.4 Å². The van der Waals surface area contributed by atoms with E-state index in [9.17, 15) is 19.8 Å². The minimum absolute atomic E-state index is 0. The molecule has 2 aromatic rings. The van der Waals surface area contributed by atoms with Crippen LogP contribution in [-0.4, -0.2) is 16.2 Å². The van der Waals surface area contributed by atoms with Crippen LogP contribution in [0.15, 0.2) is 45.6 Å². The van der Waals surface area contributed by atoms with Gasteiger partial charge in [-0.15, -0.1) is 5.56 Å². The molecule has 0 saturated heterocycles. The second kappa shape index (κ2) is 8.88. The molecule has 0 bridgehead atoms. The van der Waals surface area contributed by atoms with E-state index in [0.29, 0.717) is 33.2 Å². The molecule has 155 valence electrons. The number of carboxylic acid groups (broad SMARTS) is 1. The molecule has 8 heteroatoms. The monoisotopic (exact) mass is 492 g/mol. The molecule has 0 aromatic heterocycles. The molecule has 1 aliphatic heterocycles. The van der Waals surface area contributed by atoms with Gasteiger partial charge >= 0.3 is 5.97 Å². The molecule has 0 unspecified atom stereocenters. The molecule has 0 saturated carbocycles. The minimum Gasteiger partial charge on any atom is -0.507 e. The zero-order valence-electron chi connectivity index (χ0n) is 16.7. The van der Waals surface area contributed by atoms with Gasteiger partial charge in [0.25, 0.3) is 0 Å². The quantitative estimate of drug-likeness (QED) is 0.254. The number of carbonyl (C=O) groups is 1. The normalized spacial score (nSPS) is 10.9. The standard InChI is InChI=1S/C23H19N2O5.Y/c1-11-2-3-12(15(8-11)23(28)29)20-13-4-6-18(26)16(9-24)21(13)30-22-14(20)5-7-19(27)17(22)10-25;/h3-8,26H,9-10,24-25H2,1H3,(H,28,29);/q-1;. The Morgan fingerprint density at radius 1 is 1.10 bits per heavy atom. The van der Waals surface area contributed by atoms with Gasteiger partial charge in [0.15, 0.2) is 5.43 Å². The average Bonchev–Trinajstić information content (AvgIpc) is 2.72. The summed E-state index contributed by atoms with van der Waals surface area (Å²) in [6.07, 6.45) is 0. The molecule has 0 fully saturated rings. The smallest absolute Gasteiger partial charge is 0.311 e. The number of carboxylic acids is 1. The number of hydrogen-bond acceptors (Lipinski definition) is 6. The van der Waals surface area contributed by atoms with Crippen LogP contribution < -0.4 is 16.9 Å². The molecular formula is C23H19N2O5Y-. The van der Waals surface area contributed by atoms with Gasteiger partial charge in [0, 0.05) is 56.7 Å². The number of phenolic OH excluding ortho intramolecular Hbond substituents is 1. The largest absolute Gasteiger partial charge is 0.507 e. The van der Waals surface area contributed by atoms with Crippen LogP contribution in [0.3, 0.4) is 0 Å². The van der Waals surface area contributed by atoms with Crippen molar-refractivity contribution in [3.05, 3.63) is 74.9 Å². The van der Waals surface area contributed by atoms with Gasteiger partial charge in [0.1, 0.15) is 17.1 Å². The summed E-state index contributed by atoms with van der Waals surface area (Å²) in [5, 5.41) is 20.7. The predicted octanol–water partition coefficient (Wildman–Crippen LogP) is 2.99. The fraction of sp³-hybridized carbons (Fsp3) is 0.130. The maximum atomic E-state index is 12.4. The Hall–Kier alpha value is -2.58. The maximum Gasteiger partial charge on any atom is 0.311 e. The summed E-state index contributed by atoms with van der Waals surface area (Å²) >= 11 is 0. The number of aromatic carboxylic acids is 1. The number of phenols is 1. The number of aryl methyl sites for hydroxylation is 1. The predicted molar refractivity (Wildman–Crippen MR) is 113 cm³/mol. The summed E-state index contributed by atoms with van der Waals surface area (Å²) in [6.45, 7) is 1.68. The summed E-state index contributed by atoms with van der Waals surface area (Å²) in [5.41, 5.74) is 14.5. The Morgan fingerprint density at radius 3 is 2.45 bits per heavy atom. The average molecular weight is 492 g/mol. The third-order valence-electron chi connectivity index (χ3n) is 5.20. The van der Waals surface area contributed by atoms with Crippen LogP contribution in [0.4, 0.5) is 0 Å². The second-order valence-corrected chi connectivity index (χ2v) is 6.99. The topological polar surface area (TPSA) is 140 Å². The van der Waals surface area contributed by atoms with Gasteiger partial charge in [-0.05, 0) is 29.8 Å². The summed E-state index contributed by atoms with van der Waals surface area (Å²) in [4.78, 5) is 24.4. The van der Waals surface area contributed by atoms with Gasteiger partial charge in [-0.1, -0.05) is 12.5 Å². The third-order valence-corrected chi connectivity index (χ3v) is 5.20. The van der Waals surface area contributed by atoms with E-state index in [0.717, 1.165) is 0 Å². The van der Waals surface area contributed by atoms with E-state index < -0.39 is 5.97 Å². The molecule has 6 N–H and O–H groups in total.